The van der Waals surface area contributed by atoms with E-state index < -0.39 is 11.7 Å². The van der Waals surface area contributed by atoms with Gasteiger partial charge in [0.25, 0.3) is 0 Å². The van der Waals surface area contributed by atoms with Crippen LogP contribution in [0, 0.1) is 0 Å². The van der Waals surface area contributed by atoms with E-state index in [0.29, 0.717) is 0 Å². The third-order valence-electron chi connectivity index (χ3n) is 7.26. The lowest BCUT2D eigenvalue weighted by atomic mass is 9.92. The monoisotopic (exact) mass is 505 g/mol. The van der Waals surface area contributed by atoms with Gasteiger partial charge in [-0.05, 0) is 75.6 Å². The van der Waals surface area contributed by atoms with Crippen LogP contribution in [0.5, 0.6) is 0 Å². The molecule has 4 rings (SSSR count). The second-order valence-corrected chi connectivity index (χ2v) is 11.3. The fraction of sp³-hybridized carbons (Fsp3) is 0.548. The van der Waals surface area contributed by atoms with Gasteiger partial charge in [0.05, 0.1) is 5.92 Å². The minimum Gasteiger partial charge on any atom is -0.444 e. The van der Waals surface area contributed by atoms with Gasteiger partial charge in [-0.2, -0.15) is 0 Å². The second-order valence-electron chi connectivity index (χ2n) is 11.3. The number of rotatable bonds is 8. The Balaban J connectivity index is 1.74. The van der Waals surface area contributed by atoms with Crippen LogP contribution < -0.4 is 10.2 Å². The summed E-state index contributed by atoms with van der Waals surface area (Å²) in [6.45, 7) is 12.3. The molecule has 6 nitrogen and oxygen atoms in total. The standard InChI is InChI=1S/C31H43N3O3/c1-6-8-20-33(19-7-2)29(35)28-24-15-10-9-14-22(24)23-16-13-17-25(27(23)28)34-21-12-11-18-26(34)32-30(36)37-31(3,4)5/h9-10,13-17,26,28H,6-8,11-12,18-21H2,1-5H3,(H,32,36). The third kappa shape index (κ3) is 5.94. The van der Waals surface area contributed by atoms with Crippen LogP contribution in [0.15, 0.2) is 42.5 Å². The molecule has 2 aliphatic rings. The maximum Gasteiger partial charge on any atom is 0.409 e. The van der Waals surface area contributed by atoms with Crippen molar-refractivity contribution in [1.29, 1.82) is 0 Å². The van der Waals surface area contributed by atoms with Gasteiger partial charge in [0.1, 0.15) is 11.8 Å². The van der Waals surface area contributed by atoms with Crippen molar-refractivity contribution in [3.8, 4) is 11.1 Å². The van der Waals surface area contributed by atoms with Crippen molar-refractivity contribution >= 4 is 17.7 Å². The molecule has 0 radical (unpaired) electrons. The van der Waals surface area contributed by atoms with E-state index in [1.165, 1.54) is 0 Å². The van der Waals surface area contributed by atoms with Gasteiger partial charge in [-0.1, -0.05) is 56.7 Å². The predicted molar refractivity (Wildman–Crippen MR) is 150 cm³/mol. The summed E-state index contributed by atoms with van der Waals surface area (Å²) in [6.07, 6.45) is 5.34. The van der Waals surface area contributed by atoms with Gasteiger partial charge in [-0.25, -0.2) is 4.79 Å². The number of carbonyl (C=O) groups excluding carboxylic acids is 2. The maximum atomic E-state index is 14.2. The maximum absolute atomic E-state index is 14.2. The zero-order valence-corrected chi connectivity index (χ0v) is 23.2. The number of alkyl carbamates (subject to hydrolysis) is 1. The van der Waals surface area contributed by atoms with Gasteiger partial charge in [0, 0.05) is 30.9 Å². The smallest absolute Gasteiger partial charge is 0.409 e. The van der Waals surface area contributed by atoms with E-state index in [1.807, 2.05) is 26.8 Å². The van der Waals surface area contributed by atoms with E-state index in [-0.39, 0.29) is 18.0 Å². The van der Waals surface area contributed by atoms with Gasteiger partial charge < -0.3 is 19.9 Å². The average Bonchev–Trinajstić information content (AvgIpc) is 3.20. The topological polar surface area (TPSA) is 61.9 Å². The molecule has 1 heterocycles. The summed E-state index contributed by atoms with van der Waals surface area (Å²) in [7, 11) is 0. The van der Waals surface area contributed by atoms with Gasteiger partial charge in [-0.3, -0.25) is 4.79 Å². The van der Waals surface area contributed by atoms with Gasteiger partial charge >= 0.3 is 6.09 Å². The number of ether oxygens (including phenoxy) is 1. The highest BCUT2D eigenvalue weighted by molar-refractivity contribution is 5.99. The molecule has 0 saturated carbocycles. The number of unbranched alkanes of at least 4 members (excludes halogenated alkanes) is 1. The normalized spacial score (nSPS) is 18.7. The van der Waals surface area contributed by atoms with E-state index in [1.54, 1.807) is 0 Å². The Kier molecular flexibility index (Phi) is 8.46. The van der Waals surface area contributed by atoms with Crippen LogP contribution in [-0.4, -0.2) is 48.3 Å². The first-order valence-electron chi connectivity index (χ1n) is 14.0. The van der Waals surface area contributed by atoms with Crippen molar-refractivity contribution in [2.45, 2.75) is 90.8 Å². The quantitative estimate of drug-likeness (QED) is 0.435. The molecular formula is C31H43N3O3. The van der Waals surface area contributed by atoms with Crippen molar-refractivity contribution in [2.75, 3.05) is 24.5 Å². The highest BCUT2D eigenvalue weighted by Crippen LogP contribution is 2.50. The molecule has 0 spiro atoms. The van der Waals surface area contributed by atoms with E-state index in [0.717, 1.165) is 86.1 Å². The third-order valence-corrected chi connectivity index (χ3v) is 7.26. The molecule has 1 fully saturated rings. The van der Waals surface area contributed by atoms with Crippen LogP contribution in [0.4, 0.5) is 10.5 Å². The van der Waals surface area contributed by atoms with Crippen molar-refractivity contribution in [2.24, 2.45) is 0 Å². The van der Waals surface area contributed by atoms with Crippen molar-refractivity contribution in [3.05, 3.63) is 53.6 Å². The first-order valence-corrected chi connectivity index (χ1v) is 14.0. The van der Waals surface area contributed by atoms with Crippen LogP contribution in [0.3, 0.4) is 0 Å². The molecule has 1 aliphatic heterocycles. The SMILES string of the molecule is CCCCN(CCC)C(=O)C1c2ccccc2-c2cccc(N3CCCCC3NC(=O)OC(C)(C)C)c21. The number of hydrogen-bond donors (Lipinski definition) is 1. The number of fused-ring (bicyclic) bond motifs is 3. The highest BCUT2D eigenvalue weighted by atomic mass is 16.6. The Bertz CT molecular complexity index is 1110. The van der Waals surface area contributed by atoms with Crippen molar-refractivity contribution in [1.82, 2.24) is 10.2 Å². The lowest BCUT2D eigenvalue weighted by molar-refractivity contribution is -0.131. The lowest BCUT2D eigenvalue weighted by Gasteiger charge is -2.40. The summed E-state index contributed by atoms with van der Waals surface area (Å²) < 4.78 is 5.59. The Labute approximate surface area is 222 Å². The molecule has 2 atom stereocenters. The molecule has 1 N–H and O–H groups in total. The summed E-state index contributed by atoms with van der Waals surface area (Å²) in [5.41, 5.74) is 4.90. The van der Waals surface area contributed by atoms with Crippen molar-refractivity contribution < 1.29 is 14.3 Å². The zero-order valence-electron chi connectivity index (χ0n) is 23.2. The second kappa shape index (κ2) is 11.6. The van der Waals surface area contributed by atoms with Gasteiger partial charge in [-0.15, -0.1) is 0 Å². The molecule has 1 saturated heterocycles. The van der Waals surface area contributed by atoms with Gasteiger partial charge in [0.2, 0.25) is 5.91 Å². The molecule has 1 aliphatic carbocycles. The number of nitrogens with one attached hydrogen (secondary N) is 1. The summed E-state index contributed by atoms with van der Waals surface area (Å²) in [4.78, 5) is 31.3. The van der Waals surface area contributed by atoms with Crippen LogP contribution in [-0.2, 0) is 9.53 Å². The molecule has 37 heavy (non-hydrogen) atoms. The number of benzene rings is 2. The molecule has 2 amide bonds. The van der Waals surface area contributed by atoms with Crippen LogP contribution in [0.25, 0.3) is 11.1 Å². The number of hydrogen-bond acceptors (Lipinski definition) is 4. The molecule has 2 aromatic carbocycles. The molecule has 0 bridgehead atoms. The van der Waals surface area contributed by atoms with E-state index in [2.05, 4.69) is 65.4 Å². The first kappa shape index (κ1) is 27.0. The lowest BCUT2D eigenvalue weighted by Crippen LogP contribution is -2.52. The van der Waals surface area contributed by atoms with E-state index >= 15 is 0 Å². The van der Waals surface area contributed by atoms with Crippen LogP contribution >= 0.6 is 0 Å². The first-order chi connectivity index (χ1) is 17.7. The summed E-state index contributed by atoms with van der Waals surface area (Å²) in [5.74, 6) is -0.155. The molecule has 2 unspecified atom stereocenters. The highest BCUT2D eigenvalue weighted by Gasteiger charge is 2.40. The Morgan fingerprint density at radius 2 is 1.76 bits per heavy atom. The minimum atomic E-state index is -0.558. The summed E-state index contributed by atoms with van der Waals surface area (Å²) in [6, 6.07) is 14.7. The number of piperidine rings is 1. The Morgan fingerprint density at radius 1 is 1.00 bits per heavy atom. The van der Waals surface area contributed by atoms with E-state index in [4.69, 9.17) is 4.74 Å². The number of carbonyl (C=O) groups is 2. The summed E-state index contributed by atoms with van der Waals surface area (Å²) >= 11 is 0. The van der Waals surface area contributed by atoms with Crippen LogP contribution in [0.1, 0.15) is 90.2 Å². The Morgan fingerprint density at radius 3 is 2.49 bits per heavy atom. The number of amides is 2. The molecular weight excluding hydrogens is 462 g/mol. The number of nitrogens with zero attached hydrogens (tertiary/aromatic N) is 2. The number of anilines is 1. The fourth-order valence-corrected chi connectivity index (χ4v) is 5.69. The molecule has 200 valence electrons. The summed E-state index contributed by atoms with van der Waals surface area (Å²) in [5, 5.41) is 3.12. The Hall–Kier alpha value is -3.02. The average molecular weight is 506 g/mol. The molecule has 2 aromatic rings. The molecule has 6 heteroatoms. The minimum absolute atomic E-state index is 0.179. The van der Waals surface area contributed by atoms with Crippen LogP contribution in [0.2, 0.25) is 0 Å². The largest absolute Gasteiger partial charge is 0.444 e. The molecule has 0 aromatic heterocycles. The van der Waals surface area contributed by atoms with Gasteiger partial charge in [0.15, 0.2) is 0 Å². The predicted octanol–water partition coefficient (Wildman–Crippen LogP) is 6.68. The van der Waals surface area contributed by atoms with Crippen molar-refractivity contribution in [3.63, 3.8) is 0 Å². The van der Waals surface area contributed by atoms with E-state index in [9.17, 15) is 9.59 Å². The zero-order chi connectivity index (χ0) is 26.6. The fourth-order valence-electron chi connectivity index (χ4n) is 5.69.